The fourth-order valence-electron chi connectivity index (χ4n) is 5.75. The van der Waals surface area contributed by atoms with Crippen LogP contribution in [-0.4, -0.2) is 6.54 Å². The van der Waals surface area contributed by atoms with Crippen molar-refractivity contribution >= 4 is 0 Å². The van der Waals surface area contributed by atoms with Gasteiger partial charge in [-0.1, -0.05) is 200 Å². The van der Waals surface area contributed by atoms with Crippen LogP contribution in [0, 0.1) is 5.92 Å². The highest BCUT2D eigenvalue weighted by Crippen LogP contribution is 2.22. The molecular weight excluding hydrogens is 422 g/mol. The van der Waals surface area contributed by atoms with Gasteiger partial charge in [0.2, 0.25) is 0 Å². The fourth-order valence-corrected chi connectivity index (χ4v) is 5.75. The number of unbranched alkanes of at least 4 members (excludes halogenated alkanes) is 25. The van der Waals surface area contributed by atoms with Crippen LogP contribution in [0.15, 0.2) is 0 Å². The summed E-state index contributed by atoms with van der Waals surface area (Å²) in [5, 5.41) is 0. The molecule has 35 heavy (non-hydrogen) atoms. The zero-order valence-electron chi connectivity index (χ0n) is 25.1. The largest absolute Gasteiger partial charge is 0.330 e. The van der Waals surface area contributed by atoms with Gasteiger partial charge in [0, 0.05) is 0 Å². The standard InChI is InChI=1S/C34H71N/c1-3-5-7-9-11-12-13-14-15-16-17-18-19-20-21-22-23-24-25-27-29-31-34(32-33-35)30-28-26-10-8-6-4-2/h34H,3-33,35H2,1-2H3. The van der Waals surface area contributed by atoms with E-state index in [0.29, 0.717) is 0 Å². The molecule has 0 amide bonds. The van der Waals surface area contributed by atoms with E-state index < -0.39 is 0 Å². The Morgan fingerprint density at radius 2 is 0.543 bits per heavy atom. The monoisotopic (exact) mass is 494 g/mol. The van der Waals surface area contributed by atoms with Crippen LogP contribution in [0.1, 0.15) is 206 Å². The SMILES string of the molecule is CCCCCCCCCCCCCCCCCCCCCCCC(CCN)CCCCCCCC. The number of hydrogen-bond acceptors (Lipinski definition) is 1. The lowest BCUT2D eigenvalue weighted by Gasteiger charge is -2.16. The second kappa shape index (κ2) is 32.0. The van der Waals surface area contributed by atoms with Crippen LogP contribution < -0.4 is 5.73 Å². The Bertz CT molecular complexity index is 352. The minimum atomic E-state index is 0.889. The summed E-state index contributed by atoms with van der Waals surface area (Å²) < 4.78 is 0. The molecule has 1 atom stereocenters. The molecule has 0 aliphatic rings. The molecule has 0 fully saturated rings. The molecule has 0 saturated heterocycles. The molecule has 0 saturated carbocycles. The van der Waals surface area contributed by atoms with Gasteiger partial charge in [-0.3, -0.25) is 0 Å². The van der Waals surface area contributed by atoms with E-state index in [1.165, 1.54) is 193 Å². The Morgan fingerprint density at radius 1 is 0.314 bits per heavy atom. The predicted molar refractivity (Wildman–Crippen MR) is 162 cm³/mol. The zero-order valence-corrected chi connectivity index (χ0v) is 25.1. The lowest BCUT2D eigenvalue weighted by molar-refractivity contribution is 0.384. The quantitative estimate of drug-likeness (QED) is 0.0954. The van der Waals surface area contributed by atoms with Gasteiger partial charge < -0.3 is 5.73 Å². The minimum Gasteiger partial charge on any atom is -0.330 e. The Labute approximate surface area is 224 Å². The van der Waals surface area contributed by atoms with Gasteiger partial charge in [-0.15, -0.1) is 0 Å². The Kier molecular flexibility index (Phi) is 32.0. The van der Waals surface area contributed by atoms with Crippen LogP contribution in [0.3, 0.4) is 0 Å². The van der Waals surface area contributed by atoms with Gasteiger partial charge in [0.15, 0.2) is 0 Å². The van der Waals surface area contributed by atoms with E-state index in [1.807, 2.05) is 0 Å². The highest BCUT2D eigenvalue weighted by molar-refractivity contribution is 4.62. The summed E-state index contributed by atoms with van der Waals surface area (Å²) in [5.41, 5.74) is 5.88. The third kappa shape index (κ3) is 30.1. The molecule has 0 aromatic rings. The molecule has 0 aliphatic carbocycles. The van der Waals surface area contributed by atoms with Crippen LogP contribution in [-0.2, 0) is 0 Å². The highest BCUT2D eigenvalue weighted by Gasteiger charge is 2.07. The molecule has 0 spiro atoms. The lowest BCUT2D eigenvalue weighted by atomic mass is 9.91. The molecule has 1 unspecified atom stereocenters. The maximum atomic E-state index is 5.88. The number of rotatable bonds is 31. The second-order valence-electron chi connectivity index (χ2n) is 11.9. The highest BCUT2D eigenvalue weighted by atomic mass is 14.5. The van der Waals surface area contributed by atoms with Crippen molar-refractivity contribution in [3.8, 4) is 0 Å². The first-order valence-electron chi connectivity index (χ1n) is 17.0. The molecule has 212 valence electrons. The molecule has 1 nitrogen and oxygen atoms in total. The number of nitrogens with two attached hydrogens (primary N) is 1. The van der Waals surface area contributed by atoms with E-state index in [4.69, 9.17) is 5.73 Å². The molecule has 1 heteroatoms. The smallest absolute Gasteiger partial charge is 0.00746 e. The molecule has 0 heterocycles. The summed E-state index contributed by atoms with van der Waals surface area (Å²) in [6.45, 7) is 5.50. The van der Waals surface area contributed by atoms with Gasteiger partial charge >= 0.3 is 0 Å². The van der Waals surface area contributed by atoms with Gasteiger partial charge in [0.05, 0.1) is 0 Å². The van der Waals surface area contributed by atoms with E-state index in [1.54, 1.807) is 0 Å². The van der Waals surface area contributed by atoms with Gasteiger partial charge in [-0.25, -0.2) is 0 Å². The van der Waals surface area contributed by atoms with E-state index in [-0.39, 0.29) is 0 Å². The first-order valence-corrected chi connectivity index (χ1v) is 17.0. The predicted octanol–water partition coefficient (Wildman–Crippen LogP) is 12.3. The van der Waals surface area contributed by atoms with Crippen molar-refractivity contribution in [1.29, 1.82) is 0 Å². The molecule has 2 N–H and O–H groups in total. The van der Waals surface area contributed by atoms with Gasteiger partial charge in [-0.2, -0.15) is 0 Å². The molecule has 0 aromatic carbocycles. The van der Waals surface area contributed by atoms with E-state index >= 15 is 0 Å². The number of hydrogen-bond donors (Lipinski definition) is 1. The first-order chi connectivity index (χ1) is 17.3. The van der Waals surface area contributed by atoms with Gasteiger partial charge in [0.25, 0.3) is 0 Å². The van der Waals surface area contributed by atoms with Crippen molar-refractivity contribution in [3.05, 3.63) is 0 Å². The molecule has 0 rings (SSSR count). The molecule has 0 radical (unpaired) electrons. The lowest BCUT2D eigenvalue weighted by Crippen LogP contribution is -2.09. The molecule has 0 bridgehead atoms. The Morgan fingerprint density at radius 3 is 0.771 bits per heavy atom. The third-order valence-electron chi connectivity index (χ3n) is 8.26. The maximum Gasteiger partial charge on any atom is -0.00746 e. The van der Waals surface area contributed by atoms with Crippen molar-refractivity contribution < 1.29 is 0 Å². The van der Waals surface area contributed by atoms with Gasteiger partial charge in [-0.05, 0) is 18.9 Å². The summed E-state index contributed by atoms with van der Waals surface area (Å²) in [7, 11) is 0. The van der Waals surface area contributed by atoms with Crippen molar-refractivity contribution in [2.75, 3.05) is 6.54 Å². The van der Waals surface area contributed by atoms with Crippen molar-refractivity contribution in [2.24, 2.45) is 11.7 Å². The third-order valence-corrected chi connectivity index (χ3v) is 8.26. The minimum absolute atomic E-state index is 0.889. The zero-order chi connectivity index (χ0) is 25.5. The average Bonchev–Trinajstić information content (AvgIpc) is 2.87. The first kappa shape index (κ1) is 35.0. The van der Waals surface area contributed by atoms with Crippen molar-refractivity contribution in [1.82, 2.24) is 0 Å². The van der Waals surface area contributed by atoms with Crippen molar-refractivity contribution in [2.45, 2.75) is 206 Å². The molecular formula is C34H71N. The Hall–Kier alpha value is -0.0400. The van der Waals surface area contributed by atoms with Gasteiger partial charge in [0.1, 0.15) is 0 Å². The summed E-state index contributed by atoms with van der Waals surface area (Å²) in [6, 6.07) is 0. The van der Waals surface area contributed by atoms with E-state index in [0.717, 1.165) is 12.5 Å². The topological polar surface area (TPSA) is 26.0 Å². The summed E-state index contributed by atoms with van der Waals surface area (Å²) >= 11 is 0. The van der Waals surface area contributed by atoms with E-state index in [2.05, 4.69) is 13.8 Å². The van der Waals surface area contributed by atoms with Crippen molar-refractivity contribution in [3.63, 3.8) is 0 Å². The second-order valence-corrected chi connectivity index (χ2v) is 11.9. The molecule has 0 aromatic heterocycles. The average molecular weight is 494 g/mol. The van der Waals surface area contributed by atoms with Crippen LogP contribution in [0.4, 0.5) is 0 Å². The summed E-state index contributed by atoms with van der Waals surface area (Å²) in [4.78, 5) is 0. The Balaban J connectivity index is 3.25. The maximum absolute atomic E-state index is 5.88. The van der Waals surface area contributed by atoms with Crippen LogP contribution in [0.25, 0.3) is 0 Å². The molecule has 0 aliphatic heterocycles. The summed E-state index contributed by atoms with van der Waals surface area (Å²) in [5.74, 6) is 0.909. The summed E-state index contributed by atoms with van der Waals surface area (Å²) in [6.07, 6.45) is 43.5. The van der Waals surface area contributed by atoms with Crippen LogP contribution >= 0.6 is 0 Å². The van der Waals surface area contributed by atoms with E-state index in [9.17, 15) is 0 Å². The van der Waals surface area contributed by atoms with Crippen LogP contribution in [0.2, 0.25) is 0 Å². The normalized spacial score (nSPS) is 12.4. The fraction of sp³-hybridized carbons (Fsp3) is 1.00. The van der Waals surface area contributed by atoms with Crippen LogP contribution in [0.5, 0.6) is 0 Å².